The second-order valence-corrected chi connectivity index (χ2v) is 8.44. The van der Waals surface area contributed by atoms with Crippen LogP contribution in [0.4, 0.5) is 5.69 Å². The molecule has 0 spiro atoms. The monoisotopic (exact) mass is 445 g/mol. The van der Waals surface area contributed by atoms with Gasteiger partial charge in [-0.1, -0.05) is 39.7 Å². The summed E-state index contributed by atoms with van der Waals surface area (Å²) in [4.78, 5) is 12.5. The Bertz CT molecular complexity index is 1060. The summed E-state index contributed by atoms with van der Waals surface area (Å²) in [5.74, 6) is -0.178. The van der Waals surface area contributed by atoms with Gasteiger partial charge in [0.15, 0.2) is 0 Å². The van der Waals surface area contributed by atoms with Crippen LogP contribution < -0.4 is 9.46 Å². The Morgan fingerprint density at radius 1 is 0.963 bits per heavy atom. The third-order valence-corrected chi connectivity index (χ3v) is 5.63. The van der Waals surface area contributed by atoms with Crippen molar-refractivity contribution >= 4 is 37.6 Å². The molecule has 0 aliphatic carbocycles. The molecule has 0 saturated heterocycles. The molecule has 0 fully saturated rings. The number of carbonyl (C=O) groups is 1. The van der Waals surface area contributed by atoms with E-state index in [-0.39, 0.29) is 16.1 Å². The van der Waals surface area contributed by atoms with Crippen LogP contribution in [0.25, 0.3) is 0 Å². The van der Waals surface area contributed by atoms with E-state index < -0.39 is 16.0 Å². The first-order valence-corrected chi connectivity index (χ1v) is 10.3. The van der Waals surface area contributed by atoms with Crippen molar-refractivity contribution in [3.63, 3.8) is 0 Å². The summed E-state index contributed by atoms with van der Waals surface area (Å²) in [6, 6.07) is 19.5. The van der Waals surface area contributed by atoms with Crippen molar-refractivity contribution in [1.29, 1.82) is 0 Å². The fourth-order valence-electron chi connectivity index (χ4n) is 2.31. The molecule has 7 heteroatoms. The van der Waals surface area contributed by atoms with Gasteiger partial charge < -0.3 is 4.74 Å². The molecule has 0 aliphatic rings. The first-order valence-electron chi connectivity index (χ1n) is 8.01. The van der Waals surface area contributed by atoms with E-state index in [1.54, 1.807) is 54.6 Å². The lowest BCUT2D eigenvalue weighted by atomic mass is 10.2. The van der Waals surface area contributed by atoms with E-state index in [9.17, 15) is 13.2 Å². The lowest BCUT2D eigenvalue weighted by molar-refractivity contribution is 0.0735. The van der Waals surface area contributed by atoms with E-state index >= 15 is 0 Å². The van der Waals surface area contributed by atoms with Gasteiger partial charge in [0, 0.05) is 10.2 Å². The van der Waals surface area contributed by atoms with Gasteiger partial charge in [0.2, 0.25) is 0 Å². The average Bonchev–Trinajstić information content (AvgIpc) is 2.64. The van der Waals surface area contributed by atoms with Crippen molar-refractivity contribution in [2.45, 2.75) is 11.8 Å². The zero-order valence-electron chi connectivity index (χ0n) is 14.3. The number of benzene rings is 3. The second kappa shape index (κ2) is 7.94. The average molecular weight is 446 g/mol. The zero-order valence-corrected chi connectivity index (χ0v) is 16.7. The highest BCUT2D eigenvalue weighted by Gasteiger charge is 2.15. The van der Waals surface area contributed by atoms with Crippen molar-refractivity contribution in [3.8, 4) is 5.75 Å². The normalized spacial score (nSPS) is 11.0. The quantitative estimate of drug-likeness (QED) is 0.453. The number of hydrogen-bond acceptors (Lipinski definition) is 4. The fourth-order valence-corrected chi connectivity index (χ4v) is 3.62. The number of aryl methyl sites for hydroxylation is 1. The summed E-state index contributed by atoms with van der Waals surface area (Å²) in [6.07, 6.45) is 0. The van der Waals surface area contributed by atoms with E-state index in [1.807, 2.05) is 6.92 Å². The molecule has 0 atom stereocenters. The second-order valence-electron chi connectivity index (χ2n) is 5.84. The molecular formula is C20H16BrNO4S. The van der Waals surface area contributed by atoms with Gasteiger partial charge in [-0.05, 0) is 61.5 Å². The van der Waals surface area contributed by atoms with E-state index in [0.717, 1.165) is 10.0 Å². The van der Waals surface area contributed by atoms with Crippen LogP contribution in [0.1, 0.15) is 15.9 Å². The standard InChI is InChI=1S/C20H16BrNO4S/c1-14-5-11-19(12-6-14)27(24,25)22-17-4-2-3-15(13-17)20(23)26-18-9-7-16(21)8-10-18/h2-13,22H,1H3. The maximum atomic E-state index is 12.5. The number of ether oxygens (including phenoxy) is 1. The van der Waals surface area contributed by atoms with E-state index in [4.69, 9.17) is 4.74 Å². The molecule has 5 nitrogen and oxygen atoms in total. The van der Waals surface area contributed by atoms with Gasteiger partial charge in [-0.15, -0.1) is 0 Å². The van der Waals surface area contributed by atoms with E-state index in [1.165, 1.54) is 18.2 Å². The van der Waals surface area contributed by atoms with Crippen molar-refractivity contribution in [1.82, 2.24) is 0 Å². The number of nitrogens with one attached hydrogen (secondary N) is 1. The predicted octanol–water partition coefficient (Wildman–Crippen LogP) is 4.78. The van der Waals surface area contributed by atoms with Crippen molar-refractivity contribution in [2.24, 2.45) is 0 Å². The summed E-state index contributed by atoms with van der Waals surface area (Å²) in [5.41, 5.74) is 1.48. The largest absolute Gasteiger partial charge is 0.423 e. The molecule has 0 unspecified atom stereocenters. The molecular weight excluding hydrogens is 430 g/mol. The smallest absolute Gasteiger partial charge is 0.343 e. The topological polar surface area (TPSA) is 72.5 Å². The Balaban J connectivity index is 1.77. The summed E-state index contributed by atoms with van der Waals surface area (Å²) in [5, 5.41) is 0. The molecule has 0 heterocycles. The van der Waals surface area contributed by atoms with Crippen LogP contribution >= 0.6 is 15.9 Å². The fraction of sp³-hybridized carbons (Fsp3) is 0.0500. The summed E-state index contributed by atoms with van der Waals surface area (Å²) < 4.78 is 33.6. The van der Waals surface area contributed by atoms with Gasteiger partial charge >= 0.3 is 5.97 Å². The number of carbonyl (C=O) groups excluding carboxylic acids is 1. The van der Waals surface area contributed by atoms with Crippen LogP contribution in [0.15, 0.2) is 82.2 Å². The Labute approximate surface area is 166 Å². The minimum absolute atomic E-state index is 0.149. The number of sulfonamides is 1. The lowest BCUT2D eigenvalue weighted by Gasteiger charge is -2.10. The Morgan fingerprint density at radius 2 is 1.63 bits per heavy atom. The third kappa shape index (κ3) is 4.96. The highest BCUT2D eigenvalue weighted by molar-refractivity contribution is 9.10. The minimum Gasteiger partial charge on any atom is -0.423 e. The Hall–Kier alpha value is -2.64. The molecule has 3 rings (SSSR count). The van der Waals surface area contributed by atoms with Crippen LogP contribution in [0.5, 0.6) is 5.75 Å². The van der Waals surface area contributed by atoms with Gasteiger partial charge in [-0.25, -0.2) is 13.2 Å². The highest BCUT2D eigenvalue weighted by Crippen LogP contribution is 2.20. The molecule has 0 aliphatic heterocycles. The minimum atomic E-state index is -3.74. The van der Waals surface area contributed by atoms with Gasteiger partial charge in [0.05, 0.1) is 10.5 Å². The molecule has 138 valence electrons. The van der Waals surface area contributed by atoms with E-state index in [0.29, 0.717) is 5.75 Å². The lowest BCUT2D eigenvalue weighted by Crippen LogP contribution is -2.14. The number of hydrogen-bond donors (Lipinski definition) is 1. The molecule has 27 heavy (non-hydrogen) atoms. The predicted molar refractivity (Wildman–Crippen MR) is 108 cm³/mol. The molecule has 0 bridgehead atoms. The van der Waals surface area contributed by atoms with Crippen molar-refractivity contribution in [3.05, 3.63) is 88.4 Å². The summed E-state index contributed by atoms with van der Waals surface area (Å²) in [6.45, 7) is 1.88. The molecule has 3 aromatic rings. The zero-order chi connectivity index (χ0) is 19.4. The van der Waals surface area contributed by atoms with Gasteiger partial charge in [0.1, 0.15) is 5.75 Å². The summed E-state index contributed by atoms with van der Waals surface area (Å²) in [7, 11) is -3.74. The number of anilines is 1. The first-order chi connectivity index (χ1) is 12.8. The molecule has 3 aromatic carbocycles. The Morgan fingerprint density at radius 3 is 2.30 bits per heavy atom. The molecule has 0 radical (unpaired) electrons. The third-order valence-electron chi connectivity index (χ3n) is 3.71. The van der Waals surface area contributed by atoms with Crippen molar-refractivity contribution in [2.75, 3.05) is 4.72 Å². The molecule has 0 amide bonds. The van der Waals surface area contributed by atoms with Gasteiger partial charge in [-0.2, -0.15) is 0 Å². The Kier molecular flexibility index (Phi) is 5.62. The van der Waals surface area contributed by atoms with Crippen LogP contribution in [-0.2, 0) is 10.0 Å². The van der Waals surface area contributed by atoms with Crippen molar-refractivity contribution < 1.29 is 17.9 Å². The van der Waals surface area contributed by atoms with Gasteiger partial charge in [0.25, 0.3) is 10.0 Å². The number of esters is 1. The SMILES string of the molecule is Cc1ccc(S(=O)(=O)Nc2cccc(C(=O)Oc3ccc(Br)cc3)c2)cc1. The van der Waals surface area contributed by atoms with E-state index in [2.05, 4.69) is 20.7 Å². The molecule has 0 saturated carbocycles. The summed E-state index contributed by atoms with van der Waals surface area (Å²) >= 11 is 3.31. The maximum Gasteiger partial charge on any atom is 0.343 e. The molecule has 0 aromatic heterocycles. The van der Waals surface area contributed by atoms with Crippen LogP contribution in [0.3, 0.4) is 0 Å². The number of rotatable bonds is 5. The van der Waals surface area contributed by atoms with Crippen LogP contribution in [-0.4, -0.2) is 14.4 Å². The van der Waals surface area contributed by atoms with Crippen LogP contribution in [0.2, 0.25) is 0 Å². The number of halogens is 1. The first kappa shape index (κ1) is 19.1. The molecule has 1 N–H and O–H groups in total. The van der Waals surface area contributed by atoms with Crippen LogP contribution in [0, 0.1) is 6.92 Å². The highest BCUT2D eigenvalue weighted by atomic mass is 79.9. The maximum absolute atomic E-state index is 12.5. The van der Waals surface area contributed by atoms with Gasteiger partial charge in [-0.3, -0.25) is 4.72 Å².